The first-order valence-electron chi connectivity index (χ1n) is 7.58. The van der Waals surface area contributed by atoms with E-state index < -0.39 is 4.92 Å². The van der Waals surface area contributed by atoms with Crippen LogP contribution in [0, 0.1) is 10.1 Å². The van der Waals surface area contributed by atoms with Crippen molar-refractivity contribution >= 4 is 28.2 Å². The molecule has 2 heterocycles. The summed E-state index contributed by atoms with van der Waals surface area (Å²) in [6, 6.07) is 14.1. The van der Waals surface area contributed by atoms with Crippen LogP contribution in [0.25, 0.3) is 22.6 Å². The van der Waals surface area contributed by atoms with Gasteiger partial charge in [0.25, 0.3) is 11.2 Å². The number of allylic oxidation sites excluding steroid dienone is 1. The van der Waals surface area contributed by atoms with Crippen molar-refractivity contribution in [3.05, 3.63) is 80.4 Å². The lowest BCUT2D eigenvalue weighted by molar-refractivity contribution is -0.384. The largest absolute Gasteiger partial charge is 0.292 e. The predicted octanol–water partition coefficient (Wildman–Crippen LogP) is 3.25. The average Bonchev–Trinajstić information content (AvgIpc) is 2.99. The molecule has 0 saturated carbocycles. The zero-order chi connectivity index (χ0) is 16.7. The first-order chi connectivity index (χ1) is 11.6. The van der Waals surface area contributed by atoms with E-state index in [-0.39, 0.29) is 16.6 Å². The zero-order valence-electron chi connectivity index (χ0n) is 12.7. The molecule has 2 aromatic carbocycles. The van der Waals surface area contributed by atoms with Gasteiger partial charge in [-0.05, 0) is 29.7 Å². The Hall–Kier alpha value is -3.28. The molecule has 0 N–H and O–H groups in total. The molecule has 0 spiro atoms. The third-order valence-corrected chi connectivity index (χ3v) is 4.18. The normalized spacial score (nSPS) is 14.9. The number of benzene rings is 2. The molecule has 3 aromatic rings. The number of rotatable bonds is 2. The molecule has 0 bridgehead atoms. The van der Waals surface area contributed by atoms with Crippen molar-refractivity contribution in [2.45, 2.75) is 13.0 Å². The first-order valence-corrected chi connectivity index (χ1v) is 7.58. The maximum atomic E-state index is 12.7. The van der Waals surface area contributed by atoms with Crippen molar-refractivity contribution in [2.75, 3.05) is 0 Å². The predicted molar refractivity (Wildman–Crippen MR) is 91.6 cm³/mol. The molecule has 6 nitrogen and oxygen atoms in total. The zero-order valence-corrected chi connectivity index (χ0v) is 12.7. The fourth-order valence-electron chi connectivity index (χ4n) is 3.01. The van der Waals surface area contributed by atoms with E-state index in [1.54, 1.807) is 4.57 Å². The van der Waals surface area contributed by atoms with Crippen LogP contribution in [-0.2, 0) is 6.54 Å². The lowest BCUT2D eigenvalue weighted by Crippen LogP contribution is -2.20. The maximum Gasteiger partial charge on any atom is 0.270 e. The van der Waals surface area contributed by atoms with Gasteiger partial charge in [0.15, 0.2) is 0 Å². The van der Waals surface area contributed by atoms with Crippen LogP contribution in [0.15, 0.2) is 53.3 Å². The Morgan fingerprint density at radius 3 is 2.71 bits per heavy atom. The Morgan fingerprint density at radius 2 is 1.96 bits per heavy atom. The van der Waals surface area contributed by atoms with Crippen LogP contribution < -0.4 is 5.56 Å². The van der Waals surface area contributed by atoms with E-state index in [0.717, 1.165) is 17.6 Å². The highest BCUT2D eigenvalue weighted by atomic mass is 16.6. The van der Waals surface area contributed by atoms with Gasteiger partial charge in [0.05, 0.1) is 15.8 Å². The fraction of sp³-hybridized carbons (Fsp3) is 0.111. The van der Waals surface area contributed by atoms with Gasteiger partial charge in [-0.25, -0.2) is 4.98 Å². The number of hydrogen-bond donors (Lipinski definition) is 0. The molecule has 1 aromatic heterocycles. The minimum absolute atomic E-state index is 0.0972. The summed E-state index contributed by atoms with van der Waals surface area (Å²) in [4.78, 5) is 27.6. The Kier molecular flexibility index (Phi) is 3.23. The van der Waals surface area contributed by atoms with Crippen molar-refractivity contribution in [1.82, 2.24) is 9.55 Å². The monoisotopic (exact) mass is 319 g/mol. The molecule has 4 rings (SSSR count). The molecule has 0 radical (unpaired) electrons. The lowest BCUT2D eigenvalue weighted by Gasteiger charge is -2.05. The van der Waals surface area contributed by atoms with E-state index in [4.69, 9.17) is 0 Å². The minimum atomic E-state index is -0.502. The van der Waals surface area contributed by atoms with Gasteiger partial charge in [0, 0.05) is 18.7 Å². The molecule has 118 valence electrons. The SMILES string of the molecule is O=c1c2cc([N+](=O)[O-])ccc2nc2n1CCC2=Cc1ccccc1. The van der Waals surface area contributed by atoms with E-state index in [9.17, 15) is 14.9 Å². The van der Waals surface area contributed by atoms with Crippen molar-refractivity contribution in [3.8, 4) is 0 Å². The molecule has 0 aliphatic carbocycles. The van der Waals surface area contributed by atoms with E-state index in [0.29, 0.717) is 17.9 Å². The number of nitro benzene ring substituents is 1. The summed E-state index contributed by atoms with van der Waals surface area (Å²) in [5.74, 6) is 0.644. The van der Waals surface area contributed by atoms with Crippen molar-refractivity contribution < 1.29 is 4.92 Å². The second kappa shape index (κ2) is 5.42. The Bertz CT molecular complexity index is 1050. The molecule has 0 fully saturated rings. The minimum Gasteiger partial charge on any atom is -0.292 e. The summed E-state index contributed by atoms with van der Waals surface area (Å²) in [5.41, 5.74) is 2.21. The quantitative estimate of drug-likeness (QED) is 0.536. The standard InChI is InChI=1S/C18H13N3O3/c22-18-15-11-14(21(23)24)6-7-16(15)19-17-13(8-9-20(17)18)10-12-4-2-1-3-5-12/h1-7,10-11H,8-9H2. The third kappa shape index (κ3) is 2.28. The molecule has 0 saturated heterocycles. The van der Waals surface area contributed by atoms with E-state index in [2.05, 4.69) is 4.98 Å². The molecular formula is C18H13N3O3. The number of aromatic nitrogens is 2. The van der Waals surface area contributed by atoms with Gasteiger partial charge in [-0.3, -0.25) is 19.5 Å². The molecule has 24 heavy (non-hydrogen) atoms. The van der Waals surface area contributed by atoms with E-state index >= 15 is 0 Å². The molecule has 1 aliphatic heterocycles. The topological polar surface area (TPSA) is 78.0 Å². The van der Waals surface area contributed by atoms with Crippen LogP contribution in [0.4, 0.5) is 5.69 Å². The Morgan fingerprint density at radius 1 is 1.17 bits per heavy atom. The molecule has 1 aliphatic rings. The van der Waals surface area contributed by atoms with Gasteiger partial charge < -0.3 is 0 Å². The Balaban J connectivity index is 1.90. The molecule has 6 heteroatoms. The summed E-state index contributed by atoms with van der Waals surface area (Å²) in [6.45, 7) is 0.540. The third-order valence-electron chi connectivity index (χ3n) is 4.18. The molecule has 0 amide bonds. The summed E-state index contributed by atoms with van der Waals surface area (Å²) in [7, 11) is 0. The van der Waals surface area contributed by atoms with Crippen LogP contribution in [-0.4, -0.2) is 14.5 Å². The molecule has 0 unspecified atom stereocenters. The smallest absolute Gasteiger partial charge is 0.270 e. The summed E-state index contributed by atoms with van der Waals surface area (Å²) < 4.78 is 1.60. The average molecular weight is 319 g/mol. The van der Waals surface area contributed by atoms with Gasteiger partial charge in [0.1, 0.15) is 5.82 Å². The van der Waals surface area contributed by atoms with Crippen LogP contribution in [0.2, 0.25) is 0 Å². The summed E-state index contributed by atoms with van der Waals surface area (Å²) in [5, 5.41) is 11.2. The van der Waals surface area contributed by atoms with Crippen molar-refractivity contribution in [1.29, 1.82) is 0 Å². The van der Waals surface area contributed by atoms with Gasteiger partial charge in [-0.15, -0.1) is 0 Å². The van der Waals surface area contributed by atoms with Gasteiger partial charge >= 0.3 is 0 Å². The van der Waals surface area contributed by atoms with Crippen LogP contribution in [0.5, 0.6) is 0 Å². The molecular weight excluding hydrogens is 306 g/mol. The van der Waals surface area contributed by atoms with Gasteiger partial charge in [0.2, 0.25) is 0 Å². The second-order valence-corrected chi connectivity index (χ2v) is 5.68. The van der Waals surface area contributed by atoms with Crippen molar-refractivity contribution in [3.63, 3.8) is 0 Å². The lowest BCUT2D eigenvalue weighted by atomic mass is 10.1. The van der Waals surface area contributed by atoms with Crippen LogP contribution >= 0.6 is 0 Å². The maximum absolute atomic E-state index is 12.7. The second-order valence-electron chi connectivity index (χ2n) is 5.68. The van der Waals surface area contributed by atoms with Gasteiger partial charge in [-0.1, -0.05) is 30.3 Å². The van der Waals surface area contributed by atoms with Crippen molar-refractivity contribution in [2.24, 2.45) is 0 Å². The highest BCUT2D eigenvalue weighted by Gasteiger charge is 2.21. The number of hydrogen-bond acceptors (Lipinski definition) is 4. The highest BCUT2D eigenvalue weighted by Crippen LogP contribution is 2.28. The highest BCUT2D eigenvalue weighted by molar-refractivity contribution is 5.85. The number of nitrogens with zero attached hydrogens (tertiary/aromatic N) is 3. The fourth-order valence-corrected chi connectivity index (χ4v) is 3.01. The number of nitro groups is 1. The van der Waals surface area contributed by atoms with Crippen LogP contribution in [0.1, 0.15) is 17.8 Å². The van der Waals surface area contributed by atoms with Gasteiger partial charge in [-0.2, -0.15) is 0 Å². The summed E-state index contributed by atoms with van der Waals surface area (Å²) >= 11 is 0. The first kappa shape index (κ1) is 14.3. The number of fused-ring (bicyclic) bond motifs is 2. The summed E-state index contributed by atoms with van der Waals surface area (Å²) in [6.07, 6.45) is 2.75. The van der Waals surface area contributed by atoms with E-state index in [1.807, 2.05) is 36.4 Å². The Labute approximate surface area is 136 Å². The van der Waals surface area contributed by atoms with Crippen LogP contribution in [0.3, 0.4) is 0 Å². The van der Waals surface area contributed by atoms with E-state index in [1.165, 1.54) is 18.2 Å². The molecule has 0 atom stereocenters. The number of non-ortho nitro benzene ring substituents is 1.